The highest BCUT2D eigenvalue weighted by molar-refractivity contribution is 4.75. The van der Waals surface area contributed by atoms with Crippen LogP contribution >= 0.6 is 0 Å². The third-order valence-corrected chi connectivity index (χ3v) is 0.599. The van der Waals surface area contributed by atoms with Gasteiger partial charge in [0, 0.05) is 0 Å². The molecule has 0 spiro atoms. The SMILES string of the molecule is [c]1cocccco1. The average Bonchev–Trinajstić information content (AvgIpc) is 1.62. The summed E-state index contributed by atoms with van der Waals surface area (Å²) in [5.41, 5.74) is 0. The zero-order valence-electron chi connectivity index (χ0n) is 4.20. The van der Waals surface area contributed by atoms with Crippen LogP contribution in [0.1, 0.15) is 0 Å². The highest BCUT2D eigenvalue weighted by Gasteiger charge is 1.61. The van der Waals surface area contributed by atoms with Crippen LogP contribution in [0.25, 0.3) is 0 Å². The monoisotopic (exact) mass is 109 g/mol. The summed E-state index contributed by atoms with van der Waals surface area (Å²) >= 11 is 0. The lowest BCUT2D eigenvalue weighted by Gasteiger charge is -1.72. The van der Waals surface area contributed by atoms with Crippen LogP contribution in [0.5, 0.6) is 0 Å². The largest absolute Gasteiger partial charge is 0.469 e. The Morgan fingerprint density at radius 3 is 3.00 bits per heavy atom. The predicted molar refractivity (Wildman–Crippen MR) is 27.4 cm³/mol. The summed E-state index contributed by atoms with van der Waals surface area (Å²) in [6.45, 7) is 0. The van der Waals surface area contributed by atoms with Gasteiger partial charge in [0.1, 0.15) is 6.26 Å². The Balaban J connectivity index is 3.00. The normalized spacial score (nSPS) is 8.00. The molecular formula is C6H5O2. The molecule has 1 heterocycles. The minimum atomic E-state index is 1.33. The molecule has 2 heteroatoms. The topological polar surface area (TPSA) is 26.3 Å². The van der Waals surface area contributed by atoms with Gasteiger partial charge >= 0.3 is 0 Å². The third-order valence-electron chi connectivity index (χ3n) is 0.599. The minimum absolute atomic E-state index is 1.33. The van der Waals surface area contributed by atoms with Crippen LogP contribution in [0.3, 0.4) is 0 Å². The van der Waals surface area contributed by atoms with Gasteiger partial charge in [-0.3, -0.25) is 0 Å². The first-order chi connectivity index (χ1) is 4.00. The first kappa shape index (κ1) is 4.97. The maximum atomic E-state index is 4.68. The van der Waals surface area contributed by atoms with Gasteiger partial charge in [0.2, 0.25) is 6.26 Å². The second-order valence-corrected chi connectivity index (χ2v) is 1.15. The molecule has 41 valence electrons. The van der Waals surface area contributed by atoms with Crippen LogP contribution in [0.4, 0.5) is 0 Å². The molecule has 0 saturated heterocycles. The molecule has 0 fully saturated rings. The van der Waals surface area contributed by atoms with Gasteiger partial charge < -0.3 is 8.83 Å². The Morgan fingerprint density at radius 2 is 2.00 bits per heavy atom. The zero-order chi connectivity index (χ0) is 5.66. The van der Waals surface area contributed by atoms with Crippen molar-refractivity contribution in [1.82, 2.24) is 0 Å². The van der Waals surface area contributed by atoms with E-state index in [9.17, 15) is 0 Å². The van der Waals surface area contributed by atoms with Crippen molar-refractivity contribution < 1.29 is 8.83 Å². The lowest BCUT2D eigenvalue weighted by molar-refractivity contribution is 0.484. The molecule has 1 aromatic rings. The Bertz CT molecular complexity index is 111. The molecule has 0 N–H and O–H groups in total. The fourth-order valence-electron chi connectivity index (χ4n) is 0.309. The van der Waals surface area contributed by atoms with Gasteiger partial charge in [-0.05, 0) is 12.1 Å². The van der Waals surface area contributed by atoms with Crippen LogP contribution < -0.4 is 0 Å². The molecule has 0 aromatic carbocycles. The Kier molecular flexibility index (Phi) is 1.80. The molecule has 1 radical (unpaired) electrons. The van der Waals surface area contributed by atoms with Crippen LogP contribution in [0.15, 0.2) is 39.8 Å². The standard InChI is InChI=1S/C6H5O2/c1-2-4-8-6-5-7-3-1/h1-5H. The second kappa shape index (κ2) is 2.91. The predicted octanol–water partition coefficient (Wildman–Crippen LogP) is 1.80. The first-order valence-electron chi connectivity index (χ1n) is 2.20. The van der Waals surface area contributed by atoms with E-state index in [0.29, 0.717) is 0 Å². The second-order valence-electron chi connectivity index (χ2n) is 1.15. The summed E-state index contributed by atoms with van der Waals surface area (Å²) in [6, 6.07) is 3.43. The van der Waals surface area contributed by atoms with E-state index in [1.807, 2.05) is 0 Å². The van der Waals surface area contributed by atoms with Crippen molar-refractivity contribution in [1.29, 1.82) is 0 Å². The van der Waals surface area contributed by atoms with Crippen molar-refractivity contribution in [3.05, 3.63) is 37.2 Å². The van der Waals surface area contributed by atoms with Gasteiger partial charge in [0.25, 0.3) is 0 Å². The van der Waals surface area contributed by atoms with E-state index < -0.39 is 0 Å². The smallest absolute Gasteiger partial charge is 0.207 e. The molecule has 2 nitrogen and oxygen atoms in total. The van der Waals surface area contributed by atoms with E-state index in [-0.39, 0.29) is 0 Å². The molecule has 1 aromatic heterocycles. The molecule has 0 saturated carbocycles. The molecule has 0 unspecified atom stereocenters. The number of hydrogen-bond acceptors (Lipinski definition) is 2. The fourth-order valence-corrected chi connectivity index (χ4v) is 0.309. The van der Waals surface area contributed by atoms with E-state index in [0.717, 1.165) is 0 Å². The van der Waals surface area contributed by atoms with Gasteiger partial charge in [0.15, 0.2) is 0 Å². The van der Waals surface area contributed by atoms with Crippen molar-refractivity contribution in [2.45, 2.75) is 0 Å². The van der Waals surface area contributed by atoms with Crippen molar-refractivity contribution >= 4 is 0 Å². The summed E-state index contributed by atoms with van der Waals surface area (Å²) < 4.78 is 9.29. The van der Waals surface area contributed by atoms with Gasteiger partial charge in [0.05, 0.1) is 12.5 Å². The first-order valence-corrected chi connectivity index (χ1v) is 2.20. The number of hydrogen-bond donors (Lipinski definition) is 0. The van der Waals surface area contributed by atoms with Crippen molar-refractivity contribution in [2.75, 3.05) is 0 Å². The van der Waals surface area contributed by atoms with E-state index in [1.165, 1.54) is 18.8 Å². The van der Waals surface area contributed by atoms with E-state index in [2.05, 4.69) is 15.1 Å². The molecule has 0 atom stereocenters. The van der Waals surface area contributed by atoms with Crippen LogP contribution in [-0.2, 0) is 0 Å². The molecular weight excluding hydrogens is 104 g/mol. The van der Waals surface area contributed by atoms with Crippen molar-refractivity contribution in [3.8, 4) is 0 Å². The van der Waals surface area contributed by atoms with Gasteiger partial charge in [-0.15, -0.1) is 0 Å². The molecule has 1 rings (SSSR count). The summed E-state index contributed by atoms with van der Waals surface area (Å²) in [7, 11) is 0. The molecule has 8 heavy (non-hydrogen) atoms. The molecule has 0 aliphatic heterocycles. The Labute approximate surface area is 47.1 Å². The molecule has 0 aliphatic rings. The lowest BCUT2D eigenvalue weighted by atomic mass is 10.6. The zero-order valence-corrected chi connectivity index (χ0v) is 4.20. The lowest BCUT2D eigenvalue weighted by Crippen LogP contribution is -1.48. The van der Waals surface area contributed by atoms with Crippen molar-refractivity contribution in [3.63, 3.8) is 0 Å². The van der Waals surface area contributed by atoms with Gasteiger partial charge in [-0.2, -0.15) is 0 Å². The Hall–Kier alpha value is -1.18. The van der Waals surface area contributed by atoms with E-state index >= 15 is 0 Å². The molecule has 0 bridgehead atoms. The van der Waals surface area contributed by atoms with Crippen molar-refractivity contribution in [2.24, 2.45) is 0 Å². The van der Waals surface area contributed by atoms with Crippen LogP contribution in [-0.4, -0.2) is 0 Å². The summed E-state index contributed by atoms with van der Waals surface area (Å²) in [5.74, 6) is 0. The highest BCUT2D eigenvalue weighted by atomic mass is 16.4. The van der Waals surface area contributed by atoms with Gasteiger partial charge in [-0.1, -0.05) is 0 Å². The van der Waals surface area contributed by atoms with Crippen LogP contribution in [0, 0.1) is 6.26 Å². The average molecular weight is 109 g/mol. The molecule has 0 amide bonds. The maximum Gasteiger partial charge on any atom is 0.207 e. The quantitative estimate of drug-likeness (QED) is 0.507. The van der Waals surface area contributed by atoms with E-state index in [1.54, 1.807) is 12.1 Å². The highest BCUT2D eigenvalue weighted by Crippen LogP contribution is 1.79. The number of rotatable bonds is 0. The summed E-state index contributed by atoms with van der Waals surface area (Å²) in [4.78, 5) is 0. The van der Waals surface area contributed by atoms with Crippen LogP contribution in [0.2, 0.25) is 0 Å². The third kappa shape index (κ3) is 1.51. The van der Waals surface area contributed by atoms with E-state index in [4.69, 9.17) is 0 Å². The Morgan fingerprint density at radius 1 is 1.12 bits per heavy atom. The fraction of sp³-hybridized carbons (Fsp3) is 0. The summed E-state index contributed by atoms with van der Waals surface area (Å²) in [6.07, 6.45) is 6.78. The maximum absolute atomic E-state index is 4.68. The minimum Gasteiger partial charge on any atom is -0.469 e. The molecule has 0 aliphatic carbocycles. The summed E-state index contributed by atoms with van der Waals surface area (Å²) in [5, 5.41) is 0. The van der Waals surface area contributed by atoms with Gasteiger partial charge in [-0.25, -0.2) is 0 Å².